The number of nitrogens with one attached hydrogen (secondary N) is 1. The highest BCUT2D eigenvalue weighted by atomic mass is 28.4. The second-order valence-corrected chi connectivity index (χ2v) is 17.4. The molecule has 0 saturated heterocycles. The summed E-state index contributed by atoms with van der Waals surface area (Å²) in [6, 6.07) is 10.0. The third kappa shape index (κ3) is 7.53. The summed E-state index contributed by atoms with van der Waals surface area (Å²) in [7, 11) is -2.50. The van der Waals surface area contributed by atoms with Gasteiger partial charge in [0.25, 0.3) is 0 Å². The molecule has 0 aliphatic heterocycles. The molecule has 1 heterocycles. The van der Waals surface area contributed by atoms with Crippen LogP contribution < -0.4 is 5.56 Å². The van der Waals surface area contributed by atoms with E-state index in [1.165, 1.54) is 29.2 Å². The van der Waals surface area contributed by atoms with E-state index < -0.39 is 49.0 Å². The first-order chi connectivity index (χ1) is 18.8. The van der Waals surface area contributed by atoms with Crippen LogP contribution in [0.5, 0.6) is 5.75 Å². The van der Waals surface area contributed by atoms with Crippen molar-refractivity contribution in [3.8, 4) is 5.75 Å². The molecule has 222 valence electrons. The molecule has 2 aromatic carbocycles. The number of nitrogens with zero attached hydrogens (tertiary/aromatic N) is 1. The summed E-state index contributed by atoms with van der Waals surface area (Å²) in [5.41, 5.74) is -0.931. The Hall–Kier alpha value is -3.70. The molecule has 0 fully saturated rings. The quantitative estimate of drug-likeness (QED) is 0.255. The third-order valence-corrected chi connectivity index (χ3v) is 11.7. The van der Waals surface area contributed by atoms with Gasteiger partial charge in [-0.2, -0.15) is 0 Å². The Morgan fingerprint density at radius 2 is 1.71 bits per heavy atom. The van der Waals surface area contributed by atoms with Gasteiger partial charge >= 0.3 is 12.1 Å². The van der Waals surface area contributed by atoms with Crippen molar-refractivity contribution < 1.29 is 33.4 Å². The lowest BCUT2D eigenvalue weighted by atomic mass is 10.0. The molecule has 41 heavy (non-hydrogen) atoms. The number of carbonyl (C=O) groups excluding carboxylic acids is 1. The number of benzene rings is 2. The van der Waals surface area contributed by atoms with E-state index in [1.807, 2.05) is 0 Å². The third-order valence-electron chi connectivity index (χ3n) is 7.20. The molecule has 3 N–H and O–H groups in total. The van der Waals surface area contributed by atoms with Crippen molar-refractivity contribution in [2.75, 3.05) is 6.54 Å². The zero-order valence-electron chi connectivity index (χ0n) is 24.8. The molecule has 9 nitrogen and oxygen atoms in total. The first kappa shape index (κ1) is 31.8. The van der Waals surface area contributed by atoms with E-state index in [9.17, 15) is 24.6 Å². The van der Waals surface area contributed by atoms with Gasteiger partial charge in [-0.25, -0.2) is 14.0 Å². The lowest BCUT2D eigenvalue weighted by Crippen LogP contribution is -2.45. The number of carbonyl (C=O) groups is 2. The van der Waals surface area contributed by atoms with Crippen LogP contribution in [-0.4, -0.2) is 52.6 Å². The predicted molar refractivity (Wildman–Crippen MR) is 157 cm³/mol. The number of phenols is 1. The highest BCUT2D eigenvalue weighted by Crippen LogP contribution is 2.41. The number of ether oxygens (including phenoxy) is 1. The van der Waals surface area contributed by atoms with E-state index in [2.05, 4.69) is 38.8 Å². The fourth-order valence-corrected chi connectivity index (χ4v) is 5.34. The molecule has 3 rings (SSSR count). The summed E-state index contributed by atoms with van der Waals surface area (Å²) in [5.74, 6) is -2.48. The van der Waals surface area contributed by atoms with Crippen LogP contribution in [0.4, 0.5) is 9.18 Å². The average Bonchev–Trinajstić information content (AvgIpc) is 2.82. The standard InChI is InChI=1S/C30H39FN2O7Si/c1-29(2,3)39-28(38)33(16-18-10-9-11-21(25(18)31)27(36)37)17-23(40-41(7,8)30(4,5)6)19-12-14-22(34)26-20(19)13-15-24(35)32-26/h9-15,23,34H,16-17H2,1-8H3,(H,32,35)(H,36,37)/t23-/m0/s1. The van der Waals surface area contributed by atoms with E-state index in [-0.39, 0.29) is 35.0 Å². The van der Waals surface area contributed by atoms with Crippen LogP contribution in [0.15, 0.2) is 47.3 Å². The topological polar surface area (TPSA) is 129 Å². The van der Waals surface area contributed by atoms with E-state index in [4.69, 9.17) is 9.16 Å². The summed E-state index contributed by atoms with van der Waals surface area (Å²) in [6.07, 6.45) is -1.51. The lowest BCUT2D eigenvalue weighted by Gasteiger charge is -2.41. The number of aromatic carboxylic acids is 1. The highest BCUT2D eigenvalue weighted by Gasteiger charge is 2.41. The van der Waals surface area contributed by atoms with Gasteiger partial charge in [-0.05, 0) is 62.7 Å². The number of fused-ring (bicyclic) bond motifs is 1. The number of hydrogen-bond donors (Lipinski definition) is 3. The maximum absolute atomic E-state index is 15.2. The molecule has 0 aliphatic carbocycles. The maximum atomic E-state index is 15.2. The first-order valence-corrected chi connectivity index (χ1v) is 16.2. The molecule has 0 aliphatic rings. The van der Waals surface area contributed by atoms with Crippen molar-refractivity contribution in [1.82, 2.24) is 9.88 Å². The monoisotopic (exact) mass is 586 g/mol. The van der Waals surface area contributed by atoms with E-state index in [0.29, 0.717) is 10.9 Å². The summed E-state index contributed by atoms with van der Waals surface area (Å²) >= 11 is 0. The Bertz CT molecular complexity index is 1510. The minimum Gasteiger partial charge on any atom is -0.506 e. The van der Waals surface area contributed by atoms with Crippen LogP contribution in [0.25, 0.3) is 10.9 Å². The normalized spacial score (nSPS) is 13.2. The zero-order valence-corrected chi connectivity index (χ0v) is 25.8. The molecule has 1 amide bonds. The fraction of sp³-hybridized carbons (Fsp3) is 0.433. The Balaban J connectivity index is 2.18. The van der Waals surface area contributed by atoms with Gasteiger partial charge in [0, 0.05) is 17.0 Å². The molecule has 0 unspecified atom stereocenters. The fourth-order valence-electron chi connectivity index (χ4n) is 4.07. The molecular weight excluding hydrogens is 547 g/mol. The first-order valence-electron chi connectivity index (χ1n) is 13.3. The number of hydrogen-bond acceptors (Lipinski definition) is 6. The second kappa shape index (κ2) is 11.7. The number of aromatic nitrogens is 1. The number of aromatic amines is 1. The zero-order chi connectivity index (χ0) is 30.9. The second-order valence-electron chi connectivity index (χ2n) is 12.6. The number of halogens is 1. The van der Waals surface area contributed by atoms with Crippen molar-refractivity contribution in [1.29, 1.82) is 0 Å². The number of rotatable bonds is 8. The lowest BCUT2D eigenvalue weighted by molar-refractivity contribution is 0.0135. The summed E-state index contributed by atoms with van der Waals surface area (Å²) in [4.78, 5) is 41.1. The molecule has 1 atom stereocenters. The Labute approximate surface area is 240 Å². The van der Waals surface area contributed by atoms with E-state index in [0.717, 1.165) is 6.07 Å². The van der Waals surface area contributed by atoms with Gasteiger partial charge in [-0.15, -0.1) is 0 Å². The minimum absolute atomic E-state index is 0.00160. The number of H-pyrrole nitrogens is 1. The van der Waals surface area contributed by atoms with Crippen molar-refractivity contribution in [2.45, 2.75) is 77.9 Å². The number of aromatic hydroxyl groups is 1. The number of carboxylic acids is 1. The molecule has 0 spiro atoms. The van der Waals surface area contributed by atoms with Gasteiger partial charge < -0.3 is 29.3 Å². The average molecular weight is 587 g/mol. The highest BCUT2D eigenvalue weighted by molar-refractivity contribution is 6.74. The summed E-state index contributed by atoms with van der Waals surface area (Å²) in [5, 5.41) is 20.2. The molecule has 0 saturated carbocycles. The Kier molecular flexibility index (Phi) is 9.04. The van der Waals surface area contributed by atoms with Crippen LogP contribution in [0.2, 0.25) is 18.1 Å². The van der Waals surface area contributed by atoms with Gasteiger partial charge in [0.05, 0.1) is 30.3 Å². The van der Waals surface area contributed by atoms with Gasteiger partial charge in [-0.3, -0.25) is 4.79 Å². The van der Waals surface area contributed by atoms with Crippen LogP contribution in [0, 0.1) is 5.82 Å². The van der Waals surface area contributed by atoms with Crippen LogP contribution in [0.1, 0.15) is 69.1 Å². The van der Waals surface area contributed by atoms with Crippen LogP contribution in [-0.2, 0) is 15.7 Å². The summed E-state index contributed by atoms with van der Waals surface area (Å²) < 4.78 is 27.7. The molecule has 1 aromatic heterocycles. The smallest absolute Gasteiger partial charge is 0.410 e. The largest absolute Gasteiger partial charge is 0.506 e. The van der Waals surface area contributed by atoms with Crippen LogP contribution >= 0.6 is 0 Å². The number of phenolic OH excluding ortho intramolecular Hbond substituents is 1. The van der Waals surface area contributed by atoms with Crippen molar-refractivity contribution in [3.63, 3.8) is 0 Å². The Morgan fingerprint density at radius 3 is 2.29 bits per heavy atom. The minimum atomic E-state index is -2.50. The molecule has 3 aromatic rings. The van der Waals surface area contributed by atoms with Gasteiger partial charge in [0.15, 0.2) is 8.32 Å². The van der Waals surface area contributed by atoms with Crippen molar-refractivity contribution in [3.05, 3.63) is 75.3 Å². The number of pyridine rings is 1. The molecule has 0 radical (unpaired) electrons. The van der Waals surface area contributed by atoms with Gasteiger partial charge in [0.2, 0.25) is 5.56 Å². The van der Waals surface area contributed by atoms with Gasteiger partial charge in [-0.1, -0.05) is 39.0 Å². The predicted octanol–water partition coefficient (Wildman–Crippen LogP) is 6.57. The van der Waals surface area contributed by atoms with E-state index in [1.54, 1.807) is 32.9 Å². The van der Waals surface area contributed by atoms with Crippen molar-refractivity contribution in [2.24, 2.45) is 0 Å². The van der Waals surface area contributed by atoms with Crippen LogP contribution in [0.3, 0.4) is 0 Å². The molecular formula is C30H39FN2O7Si. The molecule has 11 heteroatoms. The number of amides is 1. The maximum Gasteiger partial charge on any atom is 0.410 e. The Morgan fingerprint density at radius 1 is 1.05 bits per heavy atom. The van der Waals surface area contributed by atoms with E-state index >= 15 is 4.39 Å². The number of carboxylic acid groups (broad SMARTS) is 1. The summed E-state index contributed by atoms with van der Waals surface area (Å²) in [6.45, 7) is 15.1. The SMILES string of the molecule is CC(C)(C)OC(=O)N(Cc1cccc(C(=O)O)c1F)C[C@H](O[Si](C)(C)C(C)(C)C)c1ccc(O)c2[nH]c(=O)ccc12. The molecule has 0 bridgehead atoms. The van der Waals surface area contributed by atoms with Gasteiger partial charge in [0.1, 0.15) is 17.2 Å². The van der Waals surface area contributed by atoms with Crippen molar-refractivity contribution >= 4 is 31.3 Å².